The third-order valence-electron chi connectivity index (χ3n) is 4.06. The second kappa shape index (κ2) is 7.76. The number of methoxy groups -OCH3 is 1. The van der Waals surface area contributed by atoms with Crippen molar-refractivity contribution in [1.82, 2.24) is 10.6 Å². The number of amides is 1. The molecule has 134 valence electrons. The first-order valence-corrected chi connectivity index (χ1v) is 8.76. The lowest BCUT2D eigenvalue weighted by Crippen LogP contribution is -2.45. The predicted molar refractivity (Wildman–Crippen MR) is 107 cm³/mol. The second-order valence-corrected chi connectivity index (χ2v) is 6.59. The van der Waals surface area contributed by atoms with Crippen molar-refractivity contribution in [1.29, 1.82) is 0 Å². The summed E-state index contributed by atoms with van der Waals surface area (Å²) in [5, 5.41) is 10.1. The van der Waals surface area contributed by atoms with Gasteiger partial charge in [-0.25, -0.2) is 0 Å². The van der Waals surface area contributed by atoms with E-state index in [0.717, 1.165) is 5.56 Å². The van der Waals surface area contributed by atoms with Crippen LogP contribution in [0.15, 0.2) is 59.8 Å². The zero-order valence-electron chi connectivity index (χ0n) is 14.3. The topological polar surface area (TPSA) is 62.4 Å². The highest BCUT2D eigenvalue weighted by molar-refractivity contribution is 7.80. The van der Waals surface area contributed by atoms with E-state index >= 15 is 0 Å². The van der Waals surface area contributed by atoms with Gasteiger partial charge in [0.05, 0.1) is 18.7 Å². The highest BCUT2D eigenvalue weighted by Crippen LogP contribution is 2.32. The maximum absolute atomic E-state index is 13.0. The molecule has 1 atom stereocenters. The van der Waals surface area contributed by atoms with Crippen molar-refractivity contribution in [2.45, 2.75) is 13.0 Å². The van der Waals surface area contributed by atoms with Gasteiger partial charge in [-0.15, -0.1) is 0 Å². The Bertz CT molecular complexity index is 898. The van der Waals surface area contributed by atoms with Crippen molar-refractivity contribution in [2.24, 2.45) is 0 Å². The lowest BCUT2D eigenvalue weighted by atomic mass is 9.95. The van der Waals surface area contributed by atoms with Crippen LogP contribution in [0, 0.1) is 0 Å². The number of carbonyl (C=O) groups is 1. The molecule has 0 saturated heterocycles. The first-order chi connectivity index (χ1) is 12.5. The Morgan fingerprint density at radius 2 is 2.00 bits per heavy atom. The molecule has 0 aromatic heterocycles. The fourth-order valence-electron chi connectivity index (χ4n) is 2.84. The summed E-state index contributed by atoms with van der Waals surface area (Å²) in [7, 11) is 1.58. The number of halogens is 1. The molecule has 1 aliphatic rings. The average Bonchev–Trinajstić information content (AvgIpc) is 2.61. The summed E-state index contributed by atoms with van der Waals surface area (Å²) in [6.07, 6.45) is 0. The highest BCUT2D eigenvalue weighted by atomic mass is 35.5. The molecule has 3 rings (SSSR count). The van der Waals surface area contributed by atoms with Gasteiger partial charge in [0.15, 0.2) is 5.11 Å². The number of benzene rings is 2. The zero-order chi connectivity index (χ0) is 18.7. The van der Waals surface area contributed by atoms with Crippen LogP contribution in [0.2, 0.25) is 5.02 Å². The van der Waals surface area contributed by atoms with Crippen molar-refractivity contribution >= 4 is 40.5 Å². The minimum atomic E-state index is -0.442. The van der Waals surface area contributed by atoms with Crippen LogP contribution in [0.3, 0.4) is 0 Å². The van der Waals surface area contributed by atoms with Gasteiger partial charge >= 0.3 is 0 Å². The van der Waals surface area contributed by atoms with Crippen LogP contribution in [0.4, 0.5) is 5.69 Å². The second-order valence-electron chi connectivity index (χ2n) is 5.78. The Kier molecular flexibility index (Phi) is 5.44. The monoisotopic (exact) mass is 387 g/mol. The van der Waals surface area contributed by atoms with E-state index in [2.05, 4.69) is 16.0 Å². The lowest BCUT2D eigenvalue weighted by molar-refractivity contribution is -0.113. The largest absolute Gasteiger partial charge is 0.497 e. The van der Waals surface area contributed by atoms with E-state index in [1.807, 2.05) is 37.3 Å². The van der Waals surface area contributed by atoms with Gasteiger partial charge in [-0.1, -0.05) is 35.9 Å². The summed E-state index contributed by atoms with van der Waals surface area (Å²) in [6, 6.07) is 14.1. The van der Waals surface area contributed by atoms with Crippen LogP contribution in [0.5, 0.6) is 5.75 Å². The molecule has 0 radical (unpaired) electrons. The molecule has 1 aliphatic heterocycles. The summed E-state index contributed by atoms with van der Waals surface area (Å²) in [5.74, 6) is 0.417. The Balaban J connectivity index is 1.95. The van der Waals surface area contributed by atoms with E-state index < -0.39 is 6.04 Å². The van der Waals surface area contributed by atoms with Crippen LogP contribution < -0.4 is 20.7 Å². The normalized spacial score (nSPS) is 16.6. The summed E-state index contributed by atoms with van der Waals surface area (Å²) >= 11 is 11.6. The zero-order valence-corrected chi connectivity index (χ0v) is 15.9. The van der Waals surface area contributed by atoms with E-state index in [-0.39, 0.29) is 5.91 Å². The molecule has 0 bridgehead atoms. The quantitative estimate of drug-likeness (QED) is 0.697. The average molecular weight is 388 g/mol. The highest BCUT2D eigenvalue weighted by Gasteiger charge is 2.31. The fourth-order valence-corrected chi connectivity index (χ4v) is 3.35. The van der Waals surface area contributed by atoms with Crippen molar-refractivity contribution in [3.05, 3.63) is 70.4 Å². The first kappa shape index (κ1) is 18.2. The summed E-state index contributed by atoms with van der Waals surface area (Å²) in [4.78, 5) is 13.0. The number of anilines is 1. The minimum Gasteiger partial charge on any atom is -0.497 e. The van der Waals surface area contributed by atoms with E-state index in [4.69, 9.17) is 28.6 Å². The molecule has 3 N–H and O–H groups in total. The SMILES string of the molecule is COc1cccc(NC(=O)C2=C(C)NC(=S)N[C@@H]2c2ccccc2Cl)c1. The lowest BCUT2D eigenvalue weighted by Gasteiger charge is -2.30. The van der Waals surface area contributed by atoms with Gasteiger partial charge in [0, 0.05) is 22.5 Å². The number of hydrogen-bond donors (Lipinski definition) is 3. The smallest absolute Gasteiger partial charge is 0.255 e. The molecule has 2 aromatic carbocycles. The summed E-state index contributed by atoms with van der Waals surface area (Å²) in [5.41, 5.74) is 2.63. The van der Waals surface area contributed by atoms with Gasteiger partial charge < -0.3 is 20.7 Å². The van der Waals surface area contributed by atoms with Gasteiger partial charge in [-0.2, -0.15) is 0 Å². The van der Waals surface area contributed by atoms with Gasteiger partial charge in [-0.05, 0) is 42.9 Å². The molecular weight excluding hydrogens is 370 g/mol. The molecule has 0 spiro atoms. The van der Waals surface area contributed by atoms with Crippen molar-refractivity contribution in [3.8, 4) is 5.75 Å². The summed E-state index contributed by atoms with van der Waals surface area (Å²) in [6.45, 7) is 1.82. The Morgan fingerprint density at radius 1 is 1.23 bits per heavy atom. The van der Waals surface area contributed by atoms with Gasteiger partial charge in [0.25, 0.3) is 5.91 Å². The van der Waals surface area contributed by atoms with Crippen LogP contribution in [0.25, 0.3) is 0 Å². The fraction of sp³-hybridized carbons (Fsp3) is 0.158. The number of nitrogens with one attached hydrogen (secondary N) is 3. The van der Waals surface area contributed by atoms with Gasteiger partial charge in [0.1, 0.15) is 5.75 Å². The standard InChI is InChI=1S/C19H18ClN3O2S/c1-11-16(18(24)22-12-6-5-7-13(10-12)25-2)17(23-19(26)21-11)14-8-3-4-9-15(14)20/h3-10,17H,1-2H3,(H,22,24)(H2,21,23,26)/t17-/m1/s1. The van der Waals surface area contributed by atoms with Crippen LogP contribution >= 0.6 is 23.8 Å². The van der Waals surface area contributed by atoms with E-state index in [1.165, 1.54) is 0 Å². The van der Waals surface area contributed by atoms with Crippen LogP contribution in [0.1, 0.15) is 18.5 Å². The van der Waals surface area contributed by atoms with E-state index in [9.17, 15) is 4.79 Å². The van der Waals surface area contributed by atoms with Crippen molar-refractivity contribution in [2.75, 3.05) is 12.4 Å². The van der Waals surface area contributed by atoms with Crippen molar-refractivity contribution in [3.63, 3.8) is 0 Å². The Labute approximate surface area is 162 Å². The third-order valence-corrected chi connectivity index (χ3v) is 4.62. The maximum atomic E-state index is 13.0. The number of ether oxygens (including phenoxy) is 1. The molecule has 1 heterocycles. The molecule has 0 fully saturated rings. The summed E-state index contributed by atoms with van der Waals surface area (Å²) < 4.78 is 5.20. The molecule has 0 aliphatic carbocycles. The molecule has 0 saturated carbocycles. The molecular formula is C19H18ClN3O2S. The Hall–Kier alpha value is -2.57. The van der Waals surface area contributed by atoms with Gasteiger partial charge in [-0.3, -0.25) is 4.79 Å². The molecule has 7 heteroatoms. The molecule has 2 aromatic rings. The molecule has 5 nitrogen and oxygen atoms in total. The number of allylic oxidation sites excluding steroid dienone is 1. The first-order valence-electron chi connectivity index (χ1n) is 7.97. The Morgan fingerprint density at radius 3 is 2.73 bits per heavy atom. The van der Waals surface area contributed by atoms with Crippen molar-refractivity contribution < 1.29 is 9.53 Å². The number of rotatable bonds is 4. The van der Waals surface area contributed by atoms with Crippen LogP contribution in [-0.2, 0) is 4.79 Å². The molecule has 26 heavy (non-hydrogen) atoms. The number of carbonyl (C=O) groups excluding carboxylic acids is 1. The van der Waals surface area contributed by atoms with E-state index in [0.29, 0.717) is 32.8 Å². The van der Waals surface area contributed by atoms with Crippen LogP contribution in [-0.4, -0.2) is 18.1 Å². The minimum absolute atomic E-state index is 0.247. The predicted octanol–water partition coefficient (Wildman–Crippen LogP) is 3.78. The number of thiocarbonyl (C=S) groups is 1. The number of hydrogen-bond acceptors (Lipinski definition) is 3. The van der Waals surface area contributed by atoms with Gasteiger partial charge in [0.2, 0.25) is 0 Å². The van der Waals surface area contributed by atoms with E-state index in [1.54, 1.807) is 25.3 Å². The molecule has 1 amide bonds. The molecule has 0 unspecified atom stereocenters. The maximum Gasteiger partial charge on any atom is 0.255 e. The third kappa shape index (κ3) is 3.81.